The van der Waals surface area contributed by atoms with Gasteiger partial charge >= 0.3 is 6.18 Å². The number of alkyl halides is 3. The van der Waals surface area contributed by atoms with Crippen LogP contribution in [0.25, 0.3) is 16.9 Å². The van der Waals surface area contributed by atoms with Crippen LogP contribution in [0.5, 0.6) is 0 Å². The minimum atomic E-state index is -4.47. The number of aromatic nitrogens is 4. The number of nitrogens with zero attached hydrogens (tertiary/aromatic N) is 4. The lowest BCUT2D eigenvalue weighted by molar-refractivity contribution is -0.137. The summed E-state index contributed by atoms with van der Waals surface area (Å²) in [6.07, 6.45) is 0.962. The van der Waals surface area contributed by atoms with Crippen molar-refractivity contribution in [1.82, 2.24) is 19.7 Å². The predicted octanol–water partition coefficient (Wildman–Crippen LogP) is 3.24. The zero-order valence-electron chi connectivity index (χ0n) is 15.9. The summed E-state index contributed by atoms with van der Waals surface area (Å²) < 4.78 is 62.7. The second-order valence-corrected chi connectivity index (χ2v) is 8.37. The normalized spacial score (nSPS) is 11.8. The molecule has 0 saturated carbocycles. The van der Waals surface area contributed by atoms with E-state index in [0.29, 0.717) is 16.9 Å². The molecule has 0 aliphatic heterocycles. The van der Waals surface area contributed by atoms with Crippen molar-refractivity contribution in [3.8, 4) is 16.9 Å². The van der Waals surface area contributed by atoms with Gasteiger partial charge in [-0.1, -0.05) is 6.58 Å². The molecule has 0 atom stereocenters. The number of anilines is 1. The standard InChI is InChI=1S/C19H16F3N5O3S/c1-2-31(29,30)10-7-17(28)25-18-15(16-11-23-8-9-24-16)12-27(26-18)14-5-3-13(4-6-14)19(20,21)22/h2-6,8-9,11-12H,1,7,10H2,(H,25,26,28). The monoisotopic (exact) mass is 451 g/mol. The van der Waals surface area contributed by atoms with Gasteiger partial charge in [0.25, 0.3) is 0 Å². The summed E-state index contributed by atoms with van der Waals surface area (Å²) in [5.74, 6) is -0.989. The SMILES string of the molecule is C=CS(=O)(=O)CCC(=O)Nc1nn(-c2ccc(C(F)(F)F)cc2)cc1-c1cnccn1. The van der Waals surface area contributed by atoms with E-state index in [-0.39, 0.29) is 12.2 Å². The molecule has 0 spiro atoms. The third-order valence-corrected chi connectivity index (χ3v) is 5.42. The molecule has 3 aromatic rings. The first kappa shape index (κ1) is 22.2. The van der Waals surface area contributed by atoms with Crippen LogP contribution in [-0.4, -0.2) is 39.8 Å². The molecule has 8 nitrogen and oxygen atoms in total. The highest BCUT2D eigenvalue weighted by molar-refractivity contribution is 7.94. The van der Waals surface area contributed by atoms with Gasteiger partial charge in [-0.3, -0.25) is 14.8 Å². The fourth-order valence-electron chi connectivity index (χ4n) is 2.54. The summed E-state index contributed by atoms with van der Waals surface area (Å²) in [6.45, 7) is 3.19. The van der Waals surface area contributed by atoms with E-state index in [1.54, 1.807) is 0 Å². The van der Waals surface area contributed by atoms with Crippen LogP contribution in [0.3, 0.4) is 0 Å². The predicted molar refractivity (Wildman–Crippen MR) is 107 cm³/mol. The van der Waals surface area contributed by atoms with Gasteiger partial charge in [0.2, 0.25) is 5.91 Å². The number of carbonyl (C=O) groups excluding carboxylic acids is 1. The molecule has 0 radical (unpaired) electrons. The van der Waals surface area contributed by atoms with Gasteiger partial charge in [-0.15, -0.1) is 5.10 Å². The third kappa shape index (κ3) is 5.54. The minimum Gasteiger partial charge on any atom is -0.309 e. The number of sulfone groups is 1. The smallest absolute Gasteiger partial charge is 0.309 e. The number of amides is 1. The first-order valence-electron chi connectivity index (χ1n) is 8.78. The van der Waals surface area contributed by atoms with E-state index >= 15 is 0 Å². The Balaban J connectivity index is 1.92. The van der Waals surface area contributed by atoms with Crippen molar-refractivity contribution >= 4 is 21.6 Å². The van der Waals surface area contributed by atoms with Gasteiger partial charge in [0, 0.05) is 30.4 Å². The summed E-state index contributed by atoms with van der Waals surface area (Å²) >= 11 is 0. The molecule has 0 saturated heterocycles. The summed E-state index contributed by atoms with van der Waals surface area (Å²) in [5, 5.41) is 7.50. The molecule has 3 rings (SSSR count). The number of benzene rings is 1. The molecule has 31 heavy (non-hydrogen) atoms. The quantitative estimate of drug-likeness (QED) is 0.591. The lowest BCUT2D eigenvalue weighted by atomic mass is 10.2. The van der Waals surface area contributed by atoms with E-state index in [9.17, 15) is 26.4 Å². The van der Waals surface area contributed by atoms with Gasteiger partial charge in [0.15, 0.2) is 15.7 Å². The Morgan fingerprint density at radius 1 is 1.19 bits per heavy atom. The molecule has 1 aromatic carbocycles. The van der Waals surface area contributed by atoms with Gasteiger partial charge in [-0.05, 0) is 24.3 Å². The molecule has 0 aliphatic carbocycles. The summed E-state index contributed by atoms with van der Waals surface area (Å²) in [6, 6.07) is 4.30. The van der Waals surface area contributed by atoms with Crippen LogP contribution in [0.1, 0.15) is 12.0 Å². The number of hydrogen-bond donors (Lipinski definition) is 1. The van der Waals surface area contributed by atoms with Gasteiger partial charge < -0.3 is 5.32 Å². The van der Waals surface area contributed by atoms with Crippen LogP contribution < -0.4 is 5.32 Å². The molecule has 0 aliphatic rings. The average Bonchev–Trinajstić information content (AvgIpc) is 3.16. The van der Waals surface area contributed by atoms with Crippen LogP contribution in [0.4, 0.5) is 19.0 Å². The Morgan fingerprint density at radius 2 is 1.90 bits per heavy atom. The van der Waals surface area contributed by atoms with Crippen LogP contribution >= 0.6 is 0 Å². The van der Waals surface area contributed by atoms with Crippen molar-refractivity contribution < 1.29 is 26.4 Å². The Labute approximate surface area is 175 Å². The van der Waals surface area contributed by atoms with Crippen molar-refractivity contribution in [1.29, 1.82) is 0 Å². The van der Waals surface area contributed by atoms with Crippen molar-refractivity contribution in [2.24, 2.45) is 0 Å². The van der Waals surface area contributed by atoms with Crippen LogP contribution in [-0.2, 0) is 20.8 Å². The summed E-state index contributed by atoms with van der Waals surface area (Å²) in [4.78, 5) is 20.3. The average molecular weight is 451 g/mol. The fraction of sp³-hybridized carbons (Fsp3) is 0.158. The van der Waals surface area contributed by atoms with Crippen molar-refractivity contribution in [3.05, 3.63) is 66.6 Å². The lowest BCUT2D eigenvalue weighted by Crippen LogP contribution is -2.17. The van der Waals surface area contributed by atoms with Gasteiger partial charge in [-0.25, -0.2) is 13.1 Å². The van der Waals surface area contributed by atoms with Gasteiger partial charge in [0.05, 0.1) is 34.5 Å². The molecule has 1 N–H and O–H groups in total. The molecule has 2 heterocycles. The Bertz CT molecular complexity index is 1190. The minimum absolute atomic E-state index is 0.0569. The van der Waals surface area contributed by atoms with Crippen molar-refractivity contribution in [3.63, 3.8) is 0 Å². The molecular formula is C19H16F3N5O3S. The number of halogens is 3. The largest absolute Gasteiger partial charge is 0.416 e. The van der Waals surface area contributed by atoms with Crippen molar-refractivity contribution in [2.45, 2.75) is 12.6 Å². The maximum Gasteiger partial charge on any atom is 0.416 e. The first-order chi connectivity index (χ1) is 14.6. The molecule has 0 bridgehead atoms. The molecule has 12 heteroatoms. The van der Waals surface area contributed by atoms with Crippen LogP contribution in [0, 0.1) is 0 Å². The van der Waals surface area contributed by atoms with E-state index < -0.39 is 33.2 Å². The Hall–Kier alpha value is -3.54. The Kier molecular flexibility index (Phi) is 6.20. The maximum atomic E-state index is 12.8. The molecule has 0 fully saturated rings. The molecule has 0 unspecified atom stereocenters. The zero-order valence-corrected chi connectivity index (χ0v) is 16.7. The molecule has 2 aromatic heterocycles. The van der Waals surface area contributed by atoms with E-state index in [2.05, 4.69) is 27.0 Å². The Morgan fingerprint density at radius 3 is 2.48 bits per heavy atom. The number of nitrogens with one attached hydrogen (secondary N) is 1. The topological polar surface area (TPSA) is 107 Å². The number of carbonyl (C=O) groups is 1. The lowest BCUT2D eigenvalue weighted by Gasteiger charge is -2.07. The molecule has 1 amide bonds. The van der Waals surface area contributed by atoms with Crippen molar-refractivity contribution in [2.75, 3.05) is 11.1 Å². The number of hydrogen-bond acceptors (Lipinski definition) is 6. The maximum absolute atomic E-state index is 12.8. The van der Waals surface area contributed by atoms with E-state index in [1.807, 2.05) is 0 Å². The first-order valence-corrected chi connectivity index (χ1v) is 10.5. The van der Waals surface area contributed by atoms with E-state index in [1.165, 1.54) is 41.6 Å². The molecular weight excluding hydrogens is 435 g/mol. The third-order valence-electron chi connectivity index (χ3n) is 4.14. The highest BCUT2D eigenvalue weighted by Gasteiger charge is 2.30. The molecule has 162 valence electrons. The highest BCUT2D eigenvalue weighted by atomic mass is 32.2. The second kappa shape index (κ2) is 8.68. The summed E-state index contributed by atoms with van der Waals surface area (Å²) in [7, 11) is -3.56. The highest BCUT2D eigenvalue weighted by Crippen LogP contribution is 2.31. The summed E-state index contributed by atoms with van der Waals surface area (Å²) in [5.41, 5.74) is 0.213. The van der Waals surface area contributed by atoms with Crippen LogP contribution in [0.2, 0.25) is 0 Å². The number of rotatable bonds is 7. The second-order valence-electron chi connectivity index (χ2n) is 6.30. The zero-order chi connectivity index (χ0) is 22.6. The van der Waals surface area contributed by atoms with Gasteiger partial charge in [-0.2, -0.15) is 13.2 Å². The van der Waals surface area contributed by atoms with Gasteiger partial charge in [0.1, 0.15) is 0 Å². The van der Waals surface area contributed by atoms with E-state index in [0.717, 1.165) is 17.5 Å². The van der Waals surface area contributed by atoms with Crippen LogP contribution in [0.15, 0.2) is 61.0 Å². The fourth-order valence-corrected chi connectivity index (χ4v) is 3.18. The van der Waals surface area contributed by atoms with E-state index in [4.69, 9.17) is 0 Å².